The average molecular weight is 222 g/mol. The predicted octanol–water partition coefficient (Wildman–Crippen LogP) is 1.87. The summed E-state index contributed by atoms with van der Waals surface area (Å²) in [5, 5.41) is 0. The van der Waals surface area contributed by atoms with Crippen LogP contribution in [0, 0.1) is 13.8 Å². The van der Waals surface area contributed by atoms with Gasteiger partial charge in [-0.1, -0.05) is 12.1 Å². The Morgan fingerprint density at radius 2 is 1.94 bits per heavy atom. The second-order valence-corrected chi connectivity index (χ2v) is 4.50. The molecule has 0 radical (unpaired) electrons. The van der Waals surface area contributed by atoms with Crippen molar-refractivity contribution in [3.05, 3.63) is 28.8 Å². The number of hydrogen-bond donors (Lipinski definition) is 1. The van der Waals surface area contributed by atoms with Crippen LogP contribution in [-0.2, 0) is 0 Å². The van der Waals surface area contributed by atoms with Crippen LogP contribution in [0.3, 0.4) is 0 Å². The maximum atomic E-state index is 6.17. The summed E-state index contributed by atoms with van der Waals surface area (Å²) < 4.78 is 5.46. The van der Waals surface area contributed by atoms with Gasteiger partial charge in [0.2, 0.25) is 0 Å². The zero-order chi connectivity index (χ0) is 12.3. The summed E-state index contributed by atoms with van der Waals surface area (Å²) in [4.78, 5) is 2.08. The minimum atomic E-state index is -0.00995. The molecule has 16 heavy (non-hydrogen) atoms. The number of ether oxygens (including phenoxy) is 1. The highest BCUT2D eigenvalue weighted by molar-refractivity contribution is 5.46. The molecule has 1 rings (SSSR count). The first-order valence-corrected chi connectivity index (χ1v) is 5.51. The molecule has 0 aliphatic heterocycles. The van der Waals surface area contributed by atoms with Gasteiger partial charge >= 0.3 is 0 Å². The molecule has 0 heterocycles. The quantitative estimate of drug-likeness (QED) is 0.845. The molecule has 0 bridgehead atoms. The molecule has 0 fully saturated rings. The van der Waals surface area contributed by atoms with Gasteiger partial charge in [0.05, 0.1) is 7.11 Å². The van der Waals surface area contributed by atoms with Crippen molar-refractivity contribution in [1.82, 2.24) is 4.90 Å². The molecule has 1 aromatic carbocycles. The highest BCUT2D eigenvalue weighted by atomic mass is 16.5. The molecule has 90 valence electrons. The molecular weight excluding hydrogens is 200 g/mol. The summed E-state index contributed by atoms with van der Waals surface area (Å²) in [6.07, 6.45) is 0. The van der Waals surface area contributed by atoms with Crippen LogP contribution in [0.25, 0.3) is 0 Å². The molecular formula is C13H22N2O. The maximum Gasteiger partial charge on any atom is 0.126 e. The van der Waals surface area contributed by atoms with E-state index in [-0.39, 0.29) is 6.04 Å². The zero-order valence-corrected chi connectivity index (χ0v) is 10.9. The van der Waals surface area contributed by atoms with Crippen molar-refractivity contribution >= 4 is 0 Å². The molecule has 0 saturated carbocycles. The average Bonchev–Trinajstić information content (AvgIpc) is 2.20. The van der Waals surface area contributed by atoms with Gasteiger partial charge in [0.25, 0.3) is 0 Å². The van der Waals surface area contributed by atoms with Gasteiger partial charge in [-0.3, -0.25) is 0 Å². The number of nitrogens with zero attached hydrogens (tertiary/aromatic N) is 1. The number of benzene rings is 1. The third kappa shape index (κ3) is 2.74. The number of aryl methyl sites for hydroxylation is 1. The van der Waals surface area contributed by atoms with Crippen molar-refractivity contribution in [1.29, 1.82) is 0 Å². The van der Waals surface area contributed by atoms with Crippen LogP contribution >= 0.6 is 0 Å². The van der Waals surface area contributed by atoms with Crippen LogP contribution in [0.1, 0.15) is 22.7 Å². The lowest BCUT2D eigenvalue weighted by Gasteiger charge is -2.21. The first kappa shape index (κ1) is 13.0. The normalized spacial score (nSPS) is 12.9. The van der Waals surface area contributed by atoms with E-state index in [0.29, 0.717) is 0 Å². The molecule has 0 amide bonds. The summed E-state index contributed by atoms with van der Waals surface area (Å²) in [5.41, 5.74) is 9.66. The Hall–Kier alpha value is -1.06. The Morgan fingerprint density at radius 3 is 2.44 bits per heavy atom. The lowest BCUT2D eigenvalue weighted by atomic mass is 9.99. The molecule has 1 atom stereocenters. The van der Waals surface area contributed by atoms with Gasteiger partial charge in [-0.05, 0) is 39.1 Å². The number of hydrogen-bond acceptors (Lipinski definition) is 3. The molecule has 0 aliphatic rings. The molecule has 0 saturated heterocycles. The third-order valence-corrected chi connectivity index (χ3v) is 2.87. The van der Waals surface area contributed by atoms with Crippen molar-refractivity contribution in [2.75, 3.05) is 27.7 Å². The summed E-state index contributed by atoms with van der Waals surface area (Å²) in [7, 11) is 5.74. The van der Waals surface area contributed by atoms with Crippen molar-refractivity contribution in [2.45, 2.75) is 19.9 Å². The monoisotopic (exact) mass is 222 g/mol. The highest BCUT2D eigenvalue weighted by Gasteiger charge is 2.15. The highest BCUT2D eigenvalue weighted by Crippen LogP contribution is 2.29. The lowest BCUT2D eigenvalue weighted by molar-refractivity contribution is 0.361. The van der Waals surface area contributed by atoms with Crippen molar-refractivity contribution in [3.63, 3.8) is 0 Å². The molecule has 3 heteroatoms. The van der Waals surface area contributed by atoms with Gasteiger partial charge in [0.15, 0.2) is 0 Å². The molecule has 3 nitrogen and oxygen atoms in total. The Balaban J connectivity index is 3.08. The predicted molar refractivity (Wildman–Crippen MR) is 68.0 cm³/mol. The van der Waals surface area contributed by atoms with Crippen molar-refractivity contribution in [3.8, 4) is 5.75 Å². The van der Waals surface area contributed by atoms with Gasteiger partial charge in [0.1, 0.15) is 5.75 Å². The Labute approximate surface area is 98.2 Å². The fourth-order valence-corrected chi connectivity index (χ4v) is 1.87. The third-order valence-electron chi connectivity index (χ3n) is 2.87. The molecule has 0 aromatic heterocycles. The SMILES string of the molecule is COc1c(C(N)CN(C)C)ccc(C)c1C. The van der Waals surface area contributed by atoms with Gasteiger partial charge in [-0.2, -0.15) is 0 Å². The van der Waals surface area contributed by atoms with E-state index in [0.717, 1.165) is 17.9 Å². The van der Waals surface area contributed by atoms with E-state index in [1.165, 1.54) is 11.1 Å². The van der Waals surface area contributed by atoms with E-state index in [1.807, 2.05) is 14.1 Å². The van der Waals surface area contributed by atoms with E-state index in [1.54, 1.807) is 7.11 Å². The Bertz CT molecular complexity index is 361. The van der Waals surface area contributed by atoms with Crippen LogP contribution in [0.15, 0.2) is 12.1 Å². The zero-order valence-electron chi connectivity index (χ0n) is 10.9. The standard InChI is InChI=1S/C13H22N2O/c1-9-6-7-11(12(14)8-15(3)4)13(16-5)10(9)2/h6-7,12H,8,14H2,1-5H3. The first-order valence-electron chi connectivity index (χ1n) is 5.51. The molecule has 0 aliphatic carbocycles. The van der Waals surface area contributed by atoms with Gasteiger partial charge in [0, 0.05) is 18.2 Å². The second kappa shape index (κ2) is 5.32. The smallest absolute Gasteiger partial charge is 0.126 e. The number of methoxy groups -OCH3 is 1. The fraction of sp³-hybridized carbons (Fsp3) is 0.538. The van der Waals surface area contributed by atoms with Crippen molar-refractivity contribution in [2.24, 2.45) is 5.73 Å². The van der Waals surface area contributed by atoms with Crippen LogP contribution in [0.2, 0.25) is 0 Å². The van der Waals surface area contributed by atoms with E-state index in [4.69, 9.17) is 10.5 Å². The van der Waals surface area contributed by atoms with E-state index >= 15 is 0 Å². The maximum absolute atomic E-state index is 6.17. The van der Waals surface area contributed by atoms with Gasteiger partial charge in [-0.15, -0.1) is 0 Å². The molecule has 1 unspecified atom stereocenters. The lowest BCUT2D eigenvalue weighted by Crippen LogP contribution is -2.26. The van der Waals surface area contributed by atoms with Crippen LogP contribution in [0.5, 0.6) is 5.75 Å². The van der Waals surface area contributed by atoms with E-state index in [9.17, 15) is 0 Å². The molecule has 0 spiro atoms. The number of likely N-dealkylation sites (N-methyl/N-ethyl adjacent to an activating group) is 1. The van der Waals surface area contributed by atoms with Crippen LogP contribution in [0.4, 0.5) is 0 Å². The van der Waals surface area contributed by atoms with Crippen LogP contribution < -0.4 is 10.5 Å². The van der Waals surface area contributed by atoms with Gasteiger partial charge in [-0.25, -0.2) is 0 Å². The van der Waals surface area contributed by atoms with E-state index < -0.39 is 0 Å². The number of nitrogens with two attached hydrogens (primary N) is 1. The summed E-state index contributed by atoms with van der Waals surface area (Å²) in [5.74, 6) is 0.925. The summed E-state index contributed by atoms with van der Waals surface area (Å²) >= 11 is 0. The summed E-state index contributed by atoms with van der Waals surface area (Å²) in [6.45, 7) is 4.97. The minimum absolute atomic E-state index is 0.00995. The number of rotatable bonds is 4. The Kier molecular flexibility index (Phi) is 4.33. The second-order valence-electron chi connectivity index (χ2n) is 4.50. The minimum Gasteiger partial charge on any atom is -0.496 e. The largest absolute Gasteiger partial charge is 0.496 e. The van der Waals surface area contributed by atoms with Crippen molar-refractivity contribution < 1.29 is 4.74 Å². The van der Waals surface area contributed by atoms with E-state index in [2.05, 4.69) is 30.9 Å². The summed E-state index contributed by atoms with van der Waals surface area (Å²) in [6, 6.07) is 4.15. The van der Waals surface area contributed by atoms with Crippen LogP contribution in [-0.4, -0.2) is 32.6 Å². The Morgan fingerprint density at radius 1 is 1.31 bits per heavy atom. The molecule has 2 N–H and O–H groups in total. The molecule has 1 aromatic rings. The topological polar surface area (TPSA) is 38.5 Å². The first-order chi connectivity index (χ1) is 7.47. The van der Waals surface area contributed by atoms with Gasteiger partial charge < -0.3 is 15.4 Å². The fourth-order valence-electron chi connectivity index (χ4n) is 1.87.